The second kappa shape index (κ2) is 9.55. The molecule has 3 nitrogen and oxygen atoms in total. The van der Waals surface area contributed by atoms with Crippen LogP contribution in [0.5, 0.6) is 5.75 Å². The Morgan fingerprint density at radius 2 is 1.69 bits per heavy atom. The summed E-state index contributed by atoms with van der Waals surface area (Å²) in [6, 6.07) is 9.94. The second-order valence-corrected chi connectivity index (χ2v) is 8.31. The summed E-state index contributed by atoms with van der Waals surface area (Å²) in [6.07, 6.45) is -5.38. The van der Waals surface area contributed by atoms with Gasteiger partial charge in [-0.05, 0) is 79.6 Å². The molecule has 0 atom stereocenters. The Morgan fingerprint density at radius 1 is 1.00 bits per heavy atom. The van der Waals surface area contributed by atoms with Crippen LogP contribution < -0.4 is 15.0 Å². The number of benzene rings is 2. The van der Waals surface area contributed by atoms with E-state index >= 15 is 0 Å². The highest BCUT2D eigenvalue weighted by molar-refractivity contribution is 5.65. The topological polar surface area (TPSA) is 24.5 Å². The van der Waals surface area contributed by atoms with E-state index in [-0.39, 0.29) is 13.0 Å². The van der Waals surface area contributed by atoms with Crippen molar-refractivity contribution in [1.82, 2.24) is 0 Å². The van der Waals surface area contributed by atoms with E-state index in [1.165, 1.54) is 11.1 Å². The predicted octanol–water partition coefficient (Wildman–Crippen LogP) is 6.65. The van der Waals surface area contributed by atoms with E-state index in [9.17, 15) is 22.0 Å². The molecule has 0 aromatic heterocycles. The normalized spacial score (nSPS) is 14.7. The van der Waals surface area contributed by atoms with Crippen LogP contribution in [0.4, 0.5) is 33.3 Å². The molecule has 0 saturated heterocycles. The predicted molar refractivity (Wildman–Crippen MR) is 117 cm³/mol. The van der Waals surface area contributed by atoms with Gasteiger partial charge in [0.1, 0.15) is 5.75 Å². The molecular weight excluding hydrogens is 427 g/mol. The minimum Gasteiger partial charge on any atom is -0.494 e. The van der Waals surface area contributed by atoms with E-state index in [0.29, 0.717) is 5.75 Å². The van der Waals surface area contributed by atoms with Crippen LogP contribution in [0.2, 0.25) is 0 Å². The van der Waals surface area contributed by atoms with Gasteiger partial charge in [0.05, 0.1) is 6.61 Å². The van der Waals surface area contributed by atoms with Gasteiger partial charge in [-0.2, -0.15) is 22.0 Å². The summed E-state index contributed by atoms with van der Waals surface area (Å²) in [7, 11) is 1.92. The van der Waals surface area contributed by atoms with Gasteiger partial charge in [0.25, 0.3) is 0 Å². The molecule has 0 unspecified atom stereocenters. The van der Waals surface area contributed by atoms with Gasteiger partial charge in [0, 0.05) is 37.9 Å². The van der Waals surface area contributed by atoms with Gasteiger partial charge in [-0.3, -0.25) is 0 Å². The molecule has 2 aromatic carbocycles. The first kappa shape index (κ1) is 24.1. The molecule has 0 radical (unpaired) electrons. The van der Waals surface area contributed by atoms with Gasteiger partial charge in [-0.15, -0.1) is 0 Å². The standard InChI is InChI=1S/C24H29F5N2O/c1-16-12-20(13-17(2)22(16)30-3)31-10-4-6-18-14-21(8-7-19(18)15-31)32-11-5-9-23(25,26)24(27,28)29/h7-8,12-14,30H,4-6,9-11,15H2,1-3H3. The molecule has 1 aliphatic rings. The van der Waals surface area contributed by atoms with Crippen molar-refractivity contribution in [3.8, 4) is 5.75 Å². The smallest absolute Gasteiger partial charge is 0.453 e. The average molecular weight is 456 g/mol. The number of fused-ring (bicyclic) bond motifs is 1. The number of nitrogens with zero attached hydrogens (tertiary/aromatic N) is 1. The first-order valence-electron chi connectivity index (χ1n) is 10.7. The first-order valence-corrected chi connectivity index (χ1v) is 10.7. The maximum Gasteiger partial charge on any atom is 0.453 e. The van der Waals surface area contributed by atoms with Gasteiger partial charge in [-0.1, -0.05) is 6.07 Å². The number of hydrogen-bond acceptors (Lipinski definition) is 3. The van der Waals surface area contributed by atoms with Crippen molar-refractivity contribution in [2.24, 2.45) is 0 Å². The van der Waals surface area contributed by atoms with Crippen LogP contribution in [0.25, 0.3) is 0 Å². The molecule has 1 N–H and O–H groups in total. The molecule has 8 heteroatoms. The van der Waals surface area contributed by atoms with E-state index in [4.69, 9.17) is 4.74 Å². The van der Waals surface area contributed by atoms with Crippen LogP contribution in [0.1, 0.15) is 41.5 Å². The fourth-order valence-corrected chi connectivity index (χ4v) is 4.19. The summed E-state index contributed by atoms with van der Waals surface area (Å²) in [5.74, 6) is -4.19. The number of rotatable bonds is 7. The number of alkyl halides is 5. The van der Waals surface area contributed by atoms with Crippen LogP contribution in [0, 0.1) is 13.8 Å². The summed E-state index contributed by atoms with van der Waals surface area (Å²) < 4.78 is 68.2. The Hall–Kier alpha value is -2.51. The monoisotopic (exact) mass is 456 g/mol. The summed E-state index contributed by atoms with van der Waals surface area (Å²) in [4.78, 5) is 2.34. The maximum atomic E-state index is 13.0. The first-order chi connectivity index (χ1) is 15.0. The van der Waals surface area contributed by atoms with E-state index in [1.807, 2.05) is 19.2 Å². The lowest BCUT2D eigenvalue weighted by molar-refractivity contribution is -0.284. The lowest BCUT2D eigenvalue weighted by Gasteiger charge is -2.25. The highest BCUT2D eigenvalue weighted by Gasteiger charge is 2.56. The molecule has 32 heavy (non-hydrogen) atoms. The molecule has 0 saturated carbocycles. The third kappa shape index (κ3) is 5.45. The summed E-state index contributed by atoms with van der Waals surface area (Å²) in [6.45, 7) is 5.62. The van der Waals surface area contributed by atoms with Gasteiger partial charge >= 0.3 is 12.1 Å². The third-order valence-electron chi connectivity index (χ3n) is 5.86. The number of hydrogen-bond donors (Lipinski definition) is 1. The van der Waals surface area contributed by atoms with E-state index in [0.717, 1.165) is 48.4 Å². The van der Waals surface area contributed by atoms with Crippen molar-refractivity contribution in [1.29, 1.82) is 0 Å². The van der Waals surface area contributed by atoms with Gasteiger partial charge in [0.2, 0.25) is 0 Å². The van der Waals surface area contributed by atoms with E-state index in [1.54, 1.807) is 6.07 Å². The van der Waals surface area contributed by atoms with Crippen LogP contribution in [-0.2, 0) is 13.0 Å². The van der Waals surface area contributed by atoms with Crippen molar-refractivity contribution in [2.75, 3.05) is 30.4 Å². The Balaban J connectivity index is 1.64. The highest BCUT2D eigenvalue weighted by atomic mass is 19.4. The molecule has 176 valence electrons. The van der Waals surface area contributed by atoms with Crippen molar-refractivity contribution in [3.05, 3.63) is 52.6 Å². The van der Waals surface area contributed by atoms with Crippen molar-refractivity contribution in [2.45, 2.75) is 58.2 Å². The zero-order valence-electron chi connectivity index (χ0n) is 18.6. The second-order valence-electron chi connectivity index (χ2n) is 8.31. The van der Waals surface area contributed by atoms with E-state index in [2.05, 4.69) is 36.2 Å². The Labute approximate surface area is 185 Å². The van der Waals surface area contributed by atoms with Crippen molar-refractivity contribution < 1.29 is 26.7 Å². The molecule has 0 fully saturated rings. The quantitative estimate of drug-likeness (QED) is 0.373. The van der Waals surface area contributed by atoms with Crippen molar-refractivity contribution >= 4 is 11.4 Å². The third-order valence-corrected chi connectivity index (χ3v) is 5.86. The highest BCUT2D eigenvalue weighted by Crippen LogP contribution is 2.39. The molecule has 3 rings (SSSR count). The van der Waals surface area contributed by atoms with Crippen molar-refractivity contribution in [3.63, 3.8) is 0 Å². The lowest BCUT2D eigenvalue weighted by atomic mass is 10.0. The molecule has 0 aliphatic carbocycles. The largest absolute Gasteiger partial charge is 0.494 e. The Morgan fingerprint density at radius 3 is 2.31 bits per heavy atom. The summed E-state index contributed by atoms with van der Waals surface area (Å²) in [5, 5.41) is 3.23. The van der Waals surface area contributed by atoms with Gasteiger partial charge in [0.15, 0.2) is 0 Å². The summed E-state index contributed by atoms with van der Waals surface area (Å²) >= 11 is 0. The van der Waals surface area contributed by atoms with Gasteiger partial charge < -0.3 is 15.0 Å². The fraction of sp³-hybridized carbons (Fsp3) is 0.500. The zero-order valence-corrected chi connectivity index (χ0v) is 18.6. The van der Waals surface area contributed by atoms with Crippen LogP contribution >= 0.6 is 0 Å². The minimum atomic E-state index is -5.52. The number of nitrogens with one attached hydrogen (secondary N) is 1. The van der Waals surface area contributed by atoms with Crippen LogP contribution in [0.15, 0.2) is 30.3 Å². The zero-order chi connectivity index (χ0) is 23.5. The summed E-state index contributed by atoms with van der Waals surface area (Å²) in [5.41, 5.74) is 6.95. The Bertz CT molecular complexity index is 919. The SMILES string of the molecule is CNc1c(C)cc(N2CCCc3cc(OCCCC(F)(F)C(F)(F)F)ccc3C2)cc1C. The molecular formula is C24H29F5N2O. The number of halogens is 5. The maximum absolute atomic E-state index is 13.0. The lowest BCUT2D eigenvalue weighted by Crippen LogP contribution is -2.36. The molecule has 1 aliphatic heterocycles. The average Bonchev–Trinajstić information content (AvgIpc) is 2.92. The fourth-order valence-electron chi connectivity index (χ4n) is 4.19. The molecule has 0 spiro atoms. The van der Waals surface area contributed by atoms with Gasteiger partial charge in [-0.25, -0.2) is 0 Å². The number of ether oxygens (including phenoxy) is 1. The minimum absolute atomic E-state index is 0.188. The van der Waals surface area contributed by atoms with Crippen LogP contribution in [-0.4, -0.2) is 32.3 Å². The molecule has 1 heterocycles. The Kier molecular flexibility index (Phi) is 7.20. The molecule has 2 aromatic rings. The van der Waals surface area contributed by atoms with Crippen LogP contribution in [0.3, 0.4) is 0 Å². The van der Waals surface area contributed by atoms with E-state index < -0.39 is 18.5 Å². The molecule has 0 bridgehead atoms. The molecule has 0 amide bonds. The number of aryl methyl sites for hydroxylation is 3. The number of anilines is 2.